The molecule has 0 bridgehead atoms. The number of halogens is 1. The van der Waals surface area contributed by atoms with Crippen LogP contribution in [0.4, 0.5) is 0 Å². The van der Waals surface area contributed by atoms with Crippen LogP contribution in [0.3, 0.4) is 0 Å². The van der Waals surface area contributed by atoms with Crippen molar-refractivity contribution in [3.8, 4) is 17.1 Å². The summed E-state index contributed by atoms with van der Waals surface area (Å²) in [5.41, 5.74) is 0.750. The zero-order chi connectivity index (χ0) is 19.5. The summed E-state index contributed by atoms with van der Waals surface area (Å²) >= 11 is 7.46. The number of likely N-dealkylation sites (tertiary alicyclic amines) is 1. The quantitative estimate of drug-likeness (QED) is 0.731. The third-order valence-electron chi connectivity index (χ3n) is 5.85. The van der Waals surface area contributed by atoms with Gasteiger partial charge >= 0.3 is 0 Å². The second-order valence-corrected chi connectivity index (χ2v) is 8.91. The molecule has 2 atom stereocenters. The number of thioether (sulfide) groups is 1. The summed E-state index contributed by atoms with van der Waals surface area (Å²) < 4.78 is 5.37. The zero-order valence-corrected chi connectivity index (χ0v) is 17.6. The fourth-order valence-corrected chi connectivity index (χ4v) is 5.21. The van der Waals surface area contributed by atoms with Gasteiger partial charge < -0.3 is 9.64 Å². The van der Waals surface area contributed by atoms with E-state index < -0.39 is 0 Å². The van der Waals surface area contributed by atoms with Crippen molar-refractivity contribution < 1.29 is 9.53 Å². The second kappa shape index (κ2) is 8.74. The van der Waals surface area contributed by atoms with Crippen LogP contribution in [0.25, 0.3) is 11.4 Å². The summed E-state index contributed by atoms with van der Waals surface area (Å²) in [4.78, 5) is 19.2. The molecule has 2 aliphatic rings. The first kappa shape index (κ1) is 19.6. The topological polar surface area (TPSA) is 71.1 Å². The van der Waals surface area contributed by atoms with Crippen molar-refractivity contribution in [3.63, 3.8) is 0 Å². The van der Waals surface area contributed by atoms with Crippen LogP contribution in [0.2, 0.25) is 5.02 Å². The fraction of sp³-hybridized carbons (Fsp3) is 0.550. The lowest BCUT2D eigenvalue weighted by Gasteiger charge is -2.41. The van der Waals surface area contributed by atoms with Gasteiger partial charge in [0.15, 0.2) is 5.82 Å². The van der Waals surface area contributed by atoms with E-state index in [1.54, 1.807) is 25.3 Å². The maximum Gasteiger partial charge on any atom is 0.233 e. The first-order valence-electron chi connectivity index (χ1n) is 9.81. The standard InChI is InChI=1S/C20H25ClN4O2S/c1-27-17-7-6-15(21)10-16(17)19-22-20(24-23-19)28-12-18(26)25-9-8-13-4-2-3-5-14(13)11-25/h6-7,10,13-14H,2-5,8-9,11-12H2,1H3,(H,22,23,24)/t13-,14+/m0/s1. The number of aromatic nitrogens is 3. The highest BCUT2D eigenvalue weighted by molar-refractivity contribution is 7.99. The van der Waals surface area contributed by atoms with E-state index >= 15 is 0 Å². The van der Waals surface area contributed by atoms with Crippen molar-refractivity contribution in [2.75, 3.05) is 26.0 Å². The molecule has 2 fully saturated rings. The van der Waals surface area contributed by atoms with Gasteiger partial charge in [0.25, 0.3) is 0 Å². The number of fused-ring (bicyclic) bond motifs is 1. The Kier molecular flexibility index (Phi) is 6.11. The number of carbonyl (C=O) groups excluding carboxylic acids is 1. The van der Waals surface area contributed by atoms with Gasteiger partial charge in [0, 0.05) is 18.1 Å². The number of benzene rings is 1. The molecule has 6 nitrogen and oxygen atoms in total. The van der Waals surface area contributed by atoms with E-state index in [1.807, 2.05) is 4.90 Å². The lowest BCUT2D eigenvalue weighted by atomic mass is 9.75. The maximum absolute atomic E-state index is 12.7. The molecule has 1 aliphatic heterocycles. The van der Waals surface area contributed by atoms with E-state index in [-0.39, 0.29) is 5.91 Å². The molecule has 1 amide bonds. The number of aromatic amines is 1. The summed E-state index contributed by atoms with van der Waals surface area (Å²) in [6.45, 7) is 1.81. The summed E-state index contributed by atoms with van der Waals surface area (Å²) in [5, 5.41) is 8.31. The Morgan fingerprint density at radius 3 is 2.96 bits per heavy atom. The second-order valence-electron chi connectivity index (χ2n) is 7.53. The van der Waals surface area contributed by atoms with E-state index in [9.17, 15) is 4.79 Å². The minimum atomic E-state index is 0.181. The van der Waals surface area contributed by atoms with Gasteiger partial charge in [-0.2, -0.15) is 0 Å². The molecule has 8 heteroatoms. The Labute approximate surface area is 174 Å². The summed E-state index contributed by atoms with van der Waals surface area (Å²) in [5.74, 6) is 3.32. The molecule has 1 aromatic heterocycles. The maximum atomic E-state index is 12.7. The highest BCUT2D eigenvalue weighted by Gasteiger charge is 2.32. The van der Waals surface area contributed by atoms with Crippen molar-refractivity contribution in [1.29, 1.82) is 0 Å². The fourth-order valence-electron chi connectivity index (χ4n) is 4.34. The van der Waals surface area contributed by atoms with E-state index in [1.165, 1.54) is 37.4 Å². The van der Waals surface area contributed by atoms with Crippen molar-refractivity contribution in [1.82, 2.24) is 20.1 Å². The zero-order valence-electron chi connectivity index (χ0n) is 16.0. The predicted molar refractivity (Wildman–Crippen MR) is 111 cm³/mol. The molecule has 4 rings (SSSR count). The first-order chi connectivity index (χ1) is 13.6. The molecule has 2 aromatic rings. The number of carbonyl (C=O) groups is 1. The lowest BCUT2D eigenvalue weighted by Crippen LogP contribution is -2.45. The van der Waals surface area contributed by atoms with Crippen LogP contribution >= 0.6 is 23.4 Å². The summed E-state index contributed by atoms with van der Waals surface area (Å²) in [6, 6.07) is 5.35. The molecule has 0 spiro atoms. The molecule has 1 aromatic carbocycles. The average Bonchev–Trinajstić information content (AvgIpc) is 3.20. The van der Waals surface area contributed by atoms with Gasteiger partial charge in [-0.1, -0.05) is 42.6 Å². The van der Waals surface area contributed by atoms with Crippen LogP contribution in [-0.4, -0.2) is 51.9 Å². The smallest absolute Gasteiger partial charge is 0.233 e. The number of H-pyrrole nitrogens is 1. The van der Waals surface area contributed by atoms with E-state index in [0.717, 1.165) is 31.0 Å². The van der Waals surface area contributed by atoms with Crippen LogP contribution < -0.4 is 4.74 Å². The van der Waals surface area contributed by atoms with Gasteiger partial charge in [0.1, 0.15) is 5.75 Å². The number of hydrogen-bond acceptors (Lipinski definition) is 5. The minimum absolute atomic E-state index is 0.181. The predicted octanol–water partition coefficient (Wildman–Crippen LogP) is 4.26. The summed E-state index contributed by atoms with van der Waals surface area (Å²) in [7, 11) is 1.60. The van der Waals surface area contributed by atoms with Crippen molar-refractivity contribution in [2.24, 2.45) is 11.8 Å². The normalized spacial score (nSPS) is 22.0. The van der Waals surface area contributed by atoms with Gasteiger partial charge in [-0.3, -0.25) is 9.89 Å². The molecular weight excluding hydrogens is 396 g/mol. The number of rotatable bonds is 5. The Morgan fingerprint density at radius 1 is 1.32 bits per heavy atom. The number of amides is 1. The number of methoxy groups -OCH3 is 1. The third-order valence-corrected chi connectivity index (χ3v) is 6.92. The van der Waals surface area contributed by atoms with Crippen molar-refractivity contribution in [2.45, 2.75) is 37.3 Å². The van der Waals surface area contributed by atoms with Gasteiger partial charge in [0.05, 0.1) is 18.4 Å². The van der Waals surface area contributed by atoms with Crippen LogP contribution in [0.15, 0.2) is 23.4 Å². The van der Waals surface area contributed by atoms with Crippen molar-refractivity contribution >= 4 is 29.3 Å². The Bertz CT molecular complexity index is 843. The Hall–Kier alpha value is -1.73. The third kappa shape index (κ3) is 4.30. The Balaban J connectivity index is 1.36. The lowest BCUT2D eigenvalue weighted by molar-refractivity contribution is -0.131. The molecule has 0 radical (unpaired) electrons. The molecule has 1 saturated heterocycles. The molecule has 1 aliphatic carbocycles. The minimum Gasteiger partial charge on any atom is -0.496 e. The number of nitrogens with one attached hydrogen (secondary N) is 1. The van der Waals surface area contributed by atoms with Gasteiger partial charge in [0.2, 0.25) is 11.1 Å². The SMILES string of the molecule is COc1ccc(Cl)cc1-c1nc(SCC(=O)N2CC[C@@H]3CCCC[C@@H]3C2)n[nH]1. The molecule has 1 saturated carbocycles. The highest BCUT2D eigenvalue weighted by atomic mass is 35.5. The Morgan fingerprint density at radius 2 is 2.14 bits per heavy atom. The number of hydrogen-bond donors (Lipinski definition) is 1. The number of ether oxygens (including phenoxy) is 1. The largest absolute Gasteiger partial charge is 0.496 e. The monoisotopic (exact) mass is 420 g/mol. The highest BCUT2D eigenvalue weighted by Crippen LogP contribution is 2.36. The van der Waals surface area contributed by atoms with Crippen LogP contribution in [-0.2, 0) is 4.79 Å². The molecular formula is C20H25ClN4O2S. The average molecular weight is 421 g/mol. The van der Waals surface area contributed by atoms with Gasteiger partial charge in [-0.15, -0.1) is 5.10 Å². The van der Waals surface area contributed by atoms with E-state index in [0.29, 0.717) is 33.4 Å². The van der Waals surface area contributed by atoms with Crippen LogP contribution in [0.1, 0.15) is 32.1 Å². The summed E-state index contributed by atoms with van der Waals surface area (Å²) in [6.07, 6.45) is 6.43. The van der Waals surface area contributed by atoms with Crippen LogP contribution in [0, 0.1) is 11.8 Å². The molecule has 0 unspecified atom stereocenters. The van der Waals surface area contributed by atoms with E-state index in [2.05, 4.69) is 15.2 Å². The molecule has 150 valence electrons. The molecule has 1 N–H and O–H groups in total. The first-order valence-corrected chi connectivity index (χ1v) is 11.2. The number of nitrogens with zero attached hydrogens (tertiary/aromatic N) is 3. The number of piperidine rings is 1. The van der Waals surface area contributed by atoms with E-state index in [4.69, 9.17) is 16.3 Å². The molecule has 28 heavy (non-hydrogen) atoms. The van der Waals surface area contributed by atoms with Crippen LogP contribution in [0.5, 0.6) is 5.75 Å². The van der Waals surface area contributed by atoms with Gasteiger partial charge in [-0.05, 0) is 42.9 Å². The van der Waals surface area contributed by atoms with Crippen molar-refractivity contribution in [3.05, 3.63) is 23.2 Å². The molecule has 2 heterocycles. The van der Waals surface area contributed by atoms with Gasteiger partial charge in [-0.25, -0.2) is 4.98 Å².